The smallest absolute Gasteiger partial charge is 0.356 e. The Kier molecular flexibility index (Phi) is 3.76. The Labute approximate surface area is 106 Å². The Hall–Kier alpha value is -1.69. The summed E-state index contributed by atoms with van der Waals surface area (Å²) < 4.78 is 0. The van der Waals surface area contributed by atoms with E-state index >= 15 is 0 Å². The first-order chi connectivity index (χ1) is 8.58. The Bertz CT molecular complexity index is 417. The van der Waals surface area contributed by atoms with Crippen molar-refractivity contribution in [1.82, 2.24) is 14.9 Å². The minimum atomic E-state index is -1.06. The van der Waals surface area contributed by atoms with Crippen molar-refractivity contribution in [3.63, 3.8) is 0 Å². The van der Waals surface area contributed by atoms with Gasteiger partial charge in [0.15, 0.2) is 5.69 Å². The van der Waals surface area contributed by atoms with E-state index in [4.69, 9.17) is 5.11 Å². The molecule has 0 aromatic carbocycles. The standard InChI is InChI=1S/C12H18N4O2/c1-8(16(2)9-3-4-9)5-14-11-7-13-10(6-15-11)12(17)18/h6-9H,3-5H2,1-2H3,(H,14,15)(H,17,18). The number of anilines is 1. The van der Waals surface area contributed by atoms with Gasteiger partial charge in [0.25, 0.3) is 0 Å². The monoisotopic (exact) mass is 250 g/mol. The maximum absolute atomic E-state index is 10.6. The van der Waals surface area contributed by atoms with Gasteiger partial charge in [-0.2, -0.15) is 0 Å². The minimum absolute atomic E-state index is 0.0382. The molecule has 0 radical (unpaired) electrons. The fourth-order valence-electron chi connectivity index (χ4n) is 1.77. The van der Waals surface area contributed by atoms with E-state index in [1.54, 1.807) is 0 Å². The highest BCUT2D eigenvalue weighted by molar-refractivity contribution is 5.84. The van der Waals surface area contributed by atoms with Gasteiger partial charge in [0.1, 0.15) is 5.82 Å². The van der Waals surface area contributed by atoms with Gasteiger partial charge < -0.3 is 10.4 Å². The number of rotatable bonds is 6. The molecular weight excluding hydrogens is 232 g/mol. The zero-order valence-electron chi connectivity index (χ0n) is 10.6. The molecule has 6 nitrogen and oxygen atoms in total. The van der Waals surface area contributed by atoms with Crippen molar-refractivity contribution in [3.8, 4) is 0 Å². The third-order valence-electron chi connectivity index (χ3n) is 3.27. The molecule has 1 aromatic heterocycles. The van der Waals surface area contributed by atoms with Crippen LogP contribution in [0, 0.1) is 0 Å². The Morgan fingerprint density at radius 1 is 1.56 bits per heavy atom. The maximum atomic E-state index is 10.6. The summed E-state index contributed by atoms with van der Waals surface area (Å²) in [6, 6.07) is 1.14. The van der Waals surface area contributed by atoms with Gasteiger partial charge in [0.05, 0.1) is 12.4 Å². The van der Waals surface area contributed by atoms with Crippen LogP contribution in [0.5, 0.6) is 0 Å². The number of carbonyl (C=O) groups is 1. The van der Waals surface area contributed by atoms with Gasteiger partial charge >= 0.3 is 5.97 Å². The second-order valence-electron chi connectivity index (χ2n) is 4.72. The van der Waals surface area contributed by atoms with Crippen LogP contribution in [0.4, 0.5) is 5.82 Å². The molecule has 0 aliphatic heterocycles. The van der Waals surface area contributed by atoms with Crippen molar-refractivity contribution < 1.29 is 9.90 Å². The molecule has 18 heavy (non-hydrogen) atoms. The van der Waals surface area contributed by atoms with E-state index in [1.807, 2.05) is 0 Å². The molecule has 0 amide bonds. The van der Waals surface area contributed by atoms with Crippen LogP contribution >= 0.6 is 0 Å². The van der Waals surface area contributed by atoms with Crippen molar-refractivity contribution in [3.05, 3.63) is 18.1 Å². The van der Waals surface area contributed by atoms with Crippen molar-refractivity contribution in [2.45, 2.75) is 31.8 Å². The molecule has 0 saturated heterocycles. The van der Waals surface area contributed by atoms with Crippen LogP contribution in [0.25, 0.3) is 0 Å². The van der Waals surface area contributed by atoms with Crippen LogP contribution in [0.1, 0.15) is 30.3 Å². The second-order valence-corrected chi connectivity index (χ2v) is 4.72. The van der Waals surface area contributed by atoms with Crippen LogP contribution in [0.2, 0.25) is 0 Å². The van der Waals surface area contributed by atoms with E-state index in [-0.39, 0.29) is 5.69 Å². The topological polar surface area (TPSA) is 78.3 Å². The van der Waals surface area contributed by atoms with Crippen LogP contribution in [0.3, 0.4) is 0 Å². The van der Waals surface area contributed by atoms with Crippen LogP contribution in [-0.4, -0.2) is 51.6 Å². The Balaban J connectivity index is 1.83. The molecule has 0 bridgehead atoms. The average Bonchev–Trinajstić information content (AvgIpc) is 3.19. The van der Waals surface area contributed by atoms with E-state index in [1.165, 1.54) is 25.2 Å². The van der Waals surface area contributed by atoms with Crippen LogP contribution in [-0.2, 0) is 0 Å². The maximum Gasteiger partial charge on any atom is 0.356 e. The Morgan fingerprint density at radius 3 is 2.78 bits per heavy atom. The number of hydrogen-bond acceptors (Lipinski definition) is 5. The molecule has 1 aliphatic rings. The van der Waals surface area contributed by atoms with Gasteiger partial charge in [-0.05, 0) is 26.8 Å². The largest absolute Gasteiger partial charge is 0.476 e. The highest BCUT2D eigenvalue weighted by Gasteiger charge is 2.28. The third kappa shape index (κ3) is 3.16. The van der Waals surface area contributed by atoms with E-state index in [9.17, 15) is 4.79 Å². The number of hydrogen-bond donors (Lipinski definition) is 2. The van der Waals surface area contributed by atoms with Gasteiger partial charge in [-0.3, -0.25) is 4.90 Å². The van der Waals surface area contributed by atoms with Gasteiger partial charge in [0, 0.05) is 18.6 Å². The normalized spacial score (nSPS) is 16.6. The molecule has 2 rings (SSSR count). The van der Waals surface area contributed by atoms with Gasteiger partial charge in [-0.25, -0.2) is 14.8 Å². The summed E-state index contributed by atoms with van der Waals surface area (Å²) in [4.78, 5) is 20.8. The lowest BCUT2D eigenvalue weighted by atomic mass is 10.3. The molecule has 6 heteroatoms. The summed E-state index contributed by atoms with van der Waals surface area (Å²) in [7, 11) is 2.13. The van der Waals surface area contributed by atoms with Gasteiger partial charge in [-0.1, -0.05) is 0 Å². The van der Waals surface area contributed by atoms with Crippen LogP contribution < -0.4 is 5.32 Å². The molecule has 1 aromatic rings. The van der Waals surface area contributed by atoms with Gasteiger partial charge in [0.2, 0.25) is 0 Å². The molecule has 1 atom stereocenters. The highest BCUT2D eigenvalue weighted by Crippen LogP contribution is 2.26. The summed E-state index contributed by atoms with van der Waals surface area (Å²) in [6.45, 7) is 2.93. The molecule has 2 N–H and O–H groups in total. The zero-order valence-corrected chi connectivity index (χ0v) is 10.6. The molecule has 0 spiro atoms. The molecular formula is C12H18N4O2. The lowest BCUT2D eigenvalue weighted by Crippen LogP contribution is -2.36. The lowest BCUT2D eigenvalue weighted by Gasteiger charge is -2.24. The molecule has 1 aliphatic carbocycles. The summed E-state index contributed by atoms with van der Waals surface area (Å²) in [5, 5.41) is 11.9. The molecule has 1 fully saturated rings. The van der Waals surface area contributed by atoms with Crippen molar-refractivity contribution in [2.24, 2.45) is 0 Å². The predicted octanol–water partition coefficient (Wildman–Crippen LogP) is 1.07. The van der Waals surface area contributed by atoms with Crippen LogP contribution in [0.15, 0.2) is 12.4 Å². The first-order valence-corrected chi connectivity index (χ1v) is 6.09. The van der Waals surface area contributed by atoms with E-state index in [2.05, 4.69) is 34.2 Å². The number of aromatic carboxylic acids is 1. The second kappa shape index (κ2) is 5.30. The molecule has 1 unspecified atom stereocenters. The number of carboxylic acid groups (broad SMARTS) is 1. The first kappa shape index (κ1) is 12.8. The highest BCUT2D eigenvalue weighted by atomic mass is 16.4. The number of nitrogens with one attached hydrogen (secondary N) is 1. The van der Waals surface area contributed by atoms with Gasteiger partial charge in [-0.15, -0.1) is 0 Å². The SMILES string of the molecule is CC(CNc1cnc(C(=O)O)cn1)N(C)C1CC1. The molecule has 1 heterocycles. The predicted molar refractivity (Wildman–Crippen MR) is 67.7 cm³/mol. The fourth-order valence-corrected chi connectivity index (χ4v) is 1.77. The van der Waals surface area contributed by atoms with E-state index < -0.39 is 5.97 Å². The zero-order chi connectivity index (χ0) is 13.1. The molecule has 1 saturated carbocycles. The fraction of sp³-hybridized carbons (Fsp3) is 0.583. The summed E-state index contributed by atoms with van der Waals surface area (Å²) in [5.41, 5.74) is -0.0382. The lowest BCUT2D eigenvalue weighted by molar-refractivity contribution is 0.0690. The molecule has 98 valence electrons. The summed E-state index contributed by atoms with van der Waals surface area (Å²) in [5.74, 6) is -0.452. The van der Waals surface area contributed by atoms with E-state index in [0.29, 0.717) is 11.9 Å². The third-order valence-corrected chi connectivity index (χ3v) is 3.27. The number of likely N-dealkylation sites (N-methyl/N-ethyl adjacent to an activating group) is 1. The van der Waals surface area contributed by atoms with Crippen molar-refractivity contribution >= 4 is 11.8 Å². The first-order valence-electron chi connectivity index (χ1n) is 6.09. The van der Waals surface area contributed by atoms with E-state index in [0.717, 1.165) is 12.6 Å². The quantitative estimate of drug-likeness (QED) is 0.786. The minimum Gasteiger partial charge on any atom is -0.476 e. The van der Waals surface area contributed by atoms with Crippen molar-refractivity contribution in [1.29, 1.82) is 0 Å². The number of aromatic nitrogens is 2. The number of nitrogens with zero attached hydrogens (tertiary/aromatic N) is 3. The Morgan fingerprint density at radius 2 is 2.28 bits per heavy atom. The average molecular weight is 250 g/mol. The van der Waals surface area contributed by atoms with Crippen molar-refractivity contribution in [2.75, 3.05) is 18.9 Å². The number of carboxylic acids is 1. The summed E-state index contributed by atoms with van der Waals surface area (Å²) >= 11 is 0. The summed E-state index contributed by atoms with van der Waals surface area (Å²) in [6.07, 6.45) is 5.29.